The third kappa shape index (κ3) is 3.35. The van der Waals surface area contributed by atoms with Crippen molar-refractivity contribution in [2.24, 2.45) is 0 Å². The van der Waals surface area contributed by atoms with Crippen LogP contribution in [0.5, 0.6) is 5.75 Å². The minimum Gasteiger partial charge on any atom is -0.507 e. The molecule has 88 valence electrons. The van der Waals surface area contributed by atoms with Crippen molar-refractivity contribution in [1.29, 1.82) is 0 Å². The fraction of sp³-hybridized carbons (Fsp3) is 0.231. The van der Waals surface area contributed by atoms with Gasteiger partial charge in [-0.15, -0.1) is 5.92 Å². The highest BCUT2D eigenvalue weighted by Crippen LogP contribution is 2.24. The summed E-state index contributed by atoms with van der Waals surface area (Å²) < 4.78 is 0. The first-order valence-corrected chi connectivity index (χ1v) is 5.00. The Morgan fingerprint density at radius 1 is 1.53 bits per heavy atom. The Labute approximate surface area is 98.9 Å². The lowest BCUT2D eigenvalue weighted by Crippen LogP contribution is -2.05. The van der Waals surface area contributed by atoms with Gasteiger partial charge in [-0.2, -0.15) is 0 Å². The Balaban J connectivity index is 3.12. The van der Waals surface area contributed by atoms with Crippen molar-refractivity contribution in [3.63, 3.8) is 0 Å². The number of benzene rings is 1. The molecule has 0 aromatic heterocycles. The van der Waals surface area contributed by atoms with Crippen LogP contribution >= 0.6 is 0 Å². The van der Waals surface area contributed by atoms with Crippen LogP contribution in [0.2, 0.25) is 0 Å². The second-order valence-corrected chi connectivity index (χ2v) is 3.48. The molecule has 0 bridgehead atoms. The Hall–Kier alpha value is -2.28. The van der Waals surface area contributed by atoms with E-state index in [1.807, 2.05) is 0 Å². The molecular formula is C13H12O4. The average molecular weight is 232 g/mol. The average Bonchev–Trinajstić information content (AvgIpc) is 2.28. The number of aldehydes is 1. The number of aliphatic carboxylic acids is 1. The van der Waals surface area contributed by atoms with E-state index in [1.165, 1.54) is 12.1 Å². The molecule has 0 aliphatic carbocycles. The van der Waals surface area contributed by atoms with E-state index in [4.69, 9.17) is 5.11 Å². The van der Waals surface area contributed by atoms with Gasteiger partial charge < -0.3 is 10.2 Å². The minimum atomic E-state index is -0.960. The maximum atomic E-state index is 10.7. The highest BCUT2D eigenvalue weighted by molar-refractivity contribution is 5.79. The molecule has 1 atom stereocenters. The van der Waals surface area contributed by atoms with Crippen molar-refractivity contribution in [3.05, 3.63) is 29.3 Å². The van der Waals surface area contributed by atoms with Crippen LogP contribution < -0.4 is 0 Å². The van der Waals surface area contributed by atoms with Crippen LogP contribution in [0.4, 0.5) is 0 Å². The molecule has 0 amide bonds. The van der Waals surface area contributed by atoms with Gasteiger partial charge in [0.2, 0.25) is 0 Å². The predicted molar refractivity (Wildman–Crippen MR) is 61.9 cm³/mol. The number of carboxylic acids is 1. The van der Waals surface area contributed by atoms with Crippen LogP contribution in [0.25, 0.3) is 0 Å². The molecule has 0 radical (unpaired) electrons. The lowest BCUT2D eigenvalue weighted by molar-refractivity contribution is -0.137. The second kappa shape index (κ2) is 5.71. The number of phenolic OH excluding ortho intramolecular Hbond substituents is 1. The molecular weight excluding hydrogens is 220 g/mol. The topological polar surface area (TPSA) is 74.6 Å². The van der Waals surface area contributed by atoms with Gasteiger partial charge in [-0.1, -0.05) is 12.0 Å². The number of rotatable bonds is 4. The third-order valence-electron chi connectivity index (χ3n) is 2.28. The molecule has 0 saturated carbocycles. The monoisotopic (exact) mass is 232 g/mol. The van der Waals surface area contributed by atoms with Crippen LogP contribution in [-0.2, 0) is 4.79 Å². The molecule has 0 heterocycles. The number of phenols is 1. The van der Waals surface area contributed by atoms with Gasteiger partial charge in [0.25, 0.3) is 0 Å². The quantitative estimate of drug-likeness (QED) is 0.613. The Morgan fingerprint density at radius 2 is 2.24 bits per heavy atom. The molecule has 1 rings (SSSR count). The SMILES string of the molecule is CC#CC(CC(=O)O)c1ccc(O)c(C=O)c1. The Bertz CT molecular complexity index is 494. The molecule has 0 aliphatic heterocycles. The van der Waals surface area contributed by atoms with Gasteiger partial charge in [0, 0.05) is 0 Å². The fourth-order valence-electron chi connectivity index (χ4n) is 1.49. The summed E-state index contributed by atoms with van der Waals surface area (Å²) in [5, 5.41) is 18.1. The van der Waals surface area contributed by atoms with Crippen LogP contribution in [0.3, 0.4) is 0 Å². The molecule has 0 fully saturated rings. The third-order valence-corrected chi connectivity index (χ3v) is 2.28. The van der Waals surface area contributed by atoms with Crippen LogP contribution in [0.1, 0.15) is 35.2 Å². The maximum absolute atomic E-state index is 10.7. The molecule has 0 aliphatic rings. The number of hydrogen-bond donors (Lipinski definition) is 2. The van der Waals surface area contributed by atoms with Crippen molar-refractivity contribution >= 4 is 12.3 Å². The summed E-state index contributed by atoms with van der Waals surface area (Å²) in [6, 6.07) is 4.39. The van der Waals surface area contributed by atoms with E-state index in [-0.39, 0.29) is 17.7 Å². The number of carboxylic acid groups (broad SMARTS) is 1. The summed E-state index contributed by atoms with van der Waals surface area (Å²) in [4.78, 5) is 21.4. The first-order valence-electron chi connectivity index (χ1n) is 5.00. The zero-order chi connectivity index (χ0) is 12.8. The standard InChI is InChI=1S/C13H12O4/c1-2-3-9(7-13(16)17)10-4-5-12(15)11(6-10)8-14/h4-6,8-9,15H,7H2,1H3,(H,16,17). The number of carbonyl (C=O) groups excluding carboxylic acids is 1. The van der Waals surface area contributed by atoms with Crippen molar-refractivity contribution in [2.45, 2.75) is 19.3 Å². The Kier molecular flexibility index (Phi) is 4.29. The van der Waals surface area contributed by atoms with E-state index >= 15 is 0 Å². The van der Waals surface area contributed by atoms with E-state index in [1.54, 1.807) is 13.0 Å². The van der Waals surface area contributed by atoms with Gasteiger partial charge in [-0.25, -0.2) is 0 Å². The van der Waals surface area contributed by atoms with Crippen molar-refractivity contribution in [1.82, 2.24) is 0 Å². The van der Waals surface area contributed by atoms with Gasteiger partial charge in [-0.3, -0.25) is 9.59 Å². The van der Waals surface area contributed by atoms with Crippen molar-refractivity contribution < 1.29 is 19.8 Å². The maximum Gasteiger partial charge on any atom is 0.304 e. The highest BCUT2D eigenvalue weighted by atomic mass is 16.4. The second-order valence-electron chi connectivity index (χ2n) is 3.48. The fourth-order valence-corrected chi connectivity index (χ4v) is 1.49. The first-order chi connectivity index (χ1) is 8.08. The normalized spacial score (nSPS) is 11.1. The number of carbonyl (C=O) groups is 2. The van der Waals surface area contributed by atoms with E-state index in [2.05, 4.69) is 11.8 Å². The summed E-state index contributed by atoms with van der Waals surface area (Å²) in [6.07, 6.45) is 0.389. The molecule has 1 aromatic rings. The van der Waals surface area contributed by atoms with Crippen LogP contribution in [0.15, 0.2) is 18.2 Å². The lowest BCUT2D eigenvalue weighted by Gasteiger charge is -2.09. The Morgan fingerprint density at radius 3 is 2.76 bits per heavy atom. The van der Waals surface area contributed by atoms with Crippen molar-refractivity contribution in [3.8, 4) is 17.6 Å². The lowest BCUT2D eigenvalue weighted by atomic mass is 9.94. The van der Waals surface area contributed by atoms with Gasteiger partial charge in [0.1, 0.15) is 5.75 Å². The molecule has 2 N–H and O–H groups in total. The zero-order valence-corrected chi connectivity index (χ0v) is 9.30. The summed E-state index contributed by atoms with van der Waals surface area (Å²) in [5.41, 5.74) is 0.748. The van der Waals surface area contributed by atoms with Gasteiger partial charge in [0.05, 0.1) is 17.9 Å². The molecule has 4 nitrogen and oxygen atoms in total. The van der Waals surface area contributed by atoms with Gasteiger partial charge in [-0.05, 0) is 24.6 Å². The van der Waals surface area contributed by atoms with Crippen LogP contribution in [-0.4, -0.2) is 22.5 Å². The van der Waals surface area contributed by atoms with Crippen molar-refractivity contribution in [2.75, 3.05) is 0 Å². The summed E-state index contributed by atoms with van der Waals surface area (Å²) in [6.45, 7) is 1.62. The van der Waals surface area contributed by atoms with Gasteiger partial charge in [0.15, 0.2) is 6.29 Å². The summed E-state index contributed by atoms with van der Waals surface area (Å²) in [7, 11) is 0. The molecule has 1 unspecified atom stereocenters. The molecule has 17 heavy (non-hydrogen) atoms. The first kappa shape index (κ1) is 12.8. The molecule has 1 aromatic carbocycles. The highest BCUT2D eigenvalue weighted by Gasteiger charge is 2.14. The van der Waals surface area contributed by atoms with E-state index < -0.39 is 11.9 Å². The van der Waals surface area contributed by atoms with Gasteiger partial charge >= 0.3 is 5.97 Å². The predicted octanol–water partition coefficient (Wildman–Crippen LogP) is 1.79. The van der Waals surface area contributed by atoms with Crippen LogP contribution in [0, 0.1) is 11.8 Å². The smallest absolute Gasteiger partial charge is 0.304 e. The zero-order valence-electron chi connectivity index (χ0n) is 9.30. The van der Waals surface area contributed by atoms with E-state index in [0.717, 1.165) is 0 Å². The van der Waals surface area contributed by atoms with E-state index in [9.17, 15) is 14.7 Å². The number of aromatic hydroxyl groups is 1. The number of hydrogen-bond acceptors (Lipinski definition) is 3. The largest absolute Gasteiger partial charge is 0.507 e. The minimum absolute atomic E-state index is 0.123. The molecule has 0 saturated heterocycles. The summed E-state index contributed by atoms with van der Waals surface area (Å²) >= 11 is 0. The summed E-state index contributed by atoms with van der Waals surface area (Å²) in [5.74, 6) is 3.87. The molecule has 0 spiro atoms. The molecule has 4 heteroatoms. The van der Waals surface area contributed by atoms with E-state index in [0.29, 0.717) is 11.8 Å².